The van der Waals surface area contributed by atoms with E-state index in [2.05, 4.69) is 12.2 Å². The average molecular weight is 302 g/mol. The van der Waals surface area contributed by atoms with E-state index in [9.17, 15) is 0 Å². The van der Waals surface area contributed by atoms with Gasteiger partial charge in [0.25, 0.3) is 0 Å². The first-order valence-electron chi connectivity index (χ1n) is 7.07. The van der Waals surface area contributed by atoms with Gasteiger partial charge >= 0.3 is 0 Å². The lowest BCUT2D eigenvalue weighted by atomic mass is 10.0. The van der Waals surface area contributed by atoms with Crippen molar-refractivity contribution in [3.8, 4) is 5.75 Å². The number of unbranched alkanes of at least 4 members (excludes halogenated alkanes) is 3. The maximum Gasteiger partial charge on any atom is 0.142 e. The molecule has 0 saturated carbocycles. The van der Waals surface area contributed by atoms with E-state index in [-0.39, 0.29) is 0 Å². The van der Waals surface area contributed by atoms with Crippen molar-refractivity contribution in [1.29, 1.82) is 0 Å². The number of hydrogen-bond donors (Lipinski definition) is 1. The number of rotatable bonds is 6. The molecule has 19 heavy (non-hydrogen) atoms. The van der Waals surface area contributed by atoms with Gasteiger partial charge in [0.1, 0.15) is 5.75 Å². The smallest absolute Gasteiger partial charge is 0.142 e. The lowest BCUT2D eigenvalue weighted by molar-refractivity contribution is 0.252. The molecular formula is C15H21Cl2NO. The largest absolute Gasteiger partial charge is 0.492 e. The van der Waals surface area contributed by atoms with Crippen LogP contribution in [0.5, 0.6) is 5.75 Å². The Hall–Kier alpha value is -0.440. The minimum atomic E-state index is 0.307. The van der Waals surface area contributed by atoms with Gasteiger partial charge in [0, 0.05) is 23.0 Å². The second kappa shape index (κ2) is 7.37. The minimum absolute atomic E-state index is 0.307. The quantitative estimate of drug-likeness (QED) is 0.748. The summed E-state index contributed by atoms with van der Waals surface area (Å²) in [5, 5.41) is 4.88. The van der Waals surface area contributed by atoms with Crippen molar-refractivity contribution >= 4 is 23.2 Å². The maximum atomic E-state index is 6.18. The van der Waals surface area contributed by atoms with E-state index in [0.29, 0.717) is 22.7 Å². The molecule has 1 aromatic carbocycles. The molecule has 2 rings (SSSR count). The number of fused-ring (bicyclic) bond motifs is 1. The second-order valence-corrected chi connectivity index (χ2v) is 5.85. The highest BCUT2D eigenvalue weighted by Crippen LogP contribution is 2.39. The molecule has 1 aromatic rings. The highest BCUT2D eigenvalue weighted by atomic mass is 35.5. The Balaban J connectivity index is 1.97. The zero-order valence-electron chi connectivity index (χ0n) is 11.3. The second-order valence-electron chi connectivity index (χ2n) is 5.01. The minimum Gasteiger partial charge on any atom is -0.492 e. The van der Waals surface area contributed by atoms with Gasteiger partial charge in [-0.15, -0.1) is 0 Å². The molecule has 1 heterocycles. The van der Waals surface area contributed by atoms with Crippen LogP contribution in [-0.4, -0.2) is 13.2 Å². The van der Waals surface area contributed by atoms with Crippen LogP contribution < -0.4 is 10.1 Å². The van der Waals surface area contributed by atoms with Crippen molar-refractivity contribution in [2.24, 2.45) is 0 Å². The number of benzene rings is 1. The third-order valence-electron chi connectivity index (χ3n) is 3.49. The van der Waals surface area contributed by atoms with E-state index in [1.54, 1.807) is 6.07 Å². The Morgan fingerprint density at radius 3 is 2.89 bits per heavy atom. The summed E-state index contributed by atoms with van der Waals surface area (Å²) in [6.45, 7) is 3.97. The summed E-state index contributed by atoms with van der Waals surface area (Å²) in [7, 11) is 0. The lowest BCUT2D eigenvalue weighted by Crippen LogP contribution is -2.28. The van der Waals surface area contributed by atoms with Crippen molar-refractivity contribution in [3.05, 3.63) is 27.7 Å². The fraction of sp³-hybridized carbons (Fsp3) is 0.600. The van der Waals surface area contributed by atoms with Gasteiger partial charge in [-0.3, -0.25) is 0 Å². The van der Waals surface area contributed by atoms with Crippen molar-refractivity contribution in [2.75, 3.05) is 13.2 Å². The van der Waals surface area contributed by atoms with Crippen LogP contribution >= 0.6 is 23.2 Å². The fourth-order valence-corrected chi connectivity index (χ4v) is 3.03. The molecule has 0 amide bonds. The number of halogens is 2. The summed E-state index contributed by atoms with van der Waals surface area (Å²) in [6, 6.07) is 4.01. The van der Waals surface area contributed by atoms with Gasteiger partial charge in [-0.05, 0) is 25.1 Å². The lowest BCUT2D eigenvalue weighted by Gasteiger charge is -2.27. The molecule has 2 nitrogen and oxygen atoms in total. The normalized spacial score (nSPS) is 17.9. The maximum absolute atomic E-state index is 6.18. The van der Waals surface area contributed by atoms with Crippen LogP contribution in [0.15, 0.2) is 12.1 Å². The van der Waals surface area contributed by atoms with Gasteiger partial charge in [-0.25, -0.2) is 0 Å². The molecule has 0 radical (unpaired) electrons. The number of ether oxygens (including phenoxy) is 1. The monoisotopic (exact) mass is 301 g/mol. The molecule has 1 N–H and O–H groups in total. The van der Waals surface area contributed by atoms with E-state index < -0.39 is 0 Å². The zero-order valence-corrected chi connectivity index (χ0v) is 12.9. The van der Waals surface area contributed by atoms with Gasteiger partial charge in [0.2, 0.25) is 0 Å². The number of hydrogen-bond acceptors (Lipinski definition) is 2. The standard InChI is InChI=1S/C15H21Cl2NO/c1-2-3-4-5-7-18-14-6-8-19-15-12(14)9-11(16)10-13(15)17/h9-10,14,18H,2-8H2,1H3. The molecule has 0 aliphatic carbocycles. The first-order chi connectivity index (χ1) is 9.22. The van der Waals surface area contributed by atoms with Crippen LogP contribution in [0.25, 0.3) is 0 Å². The highest BCUT2D eigenvalue weighted by molar-refractivity contribution is 6.35. The Bertz CT molecular complexity index is 423. The number of nitrogens with one attached hydrogen (secondary N) is 1. The van der Waals surface area contributed by atoms with E-state index in [1.165, 1.54) is 25.7 Å². The third-order valence-corrected chi connectivity index (χ3v) is 3.99. The van der Waals surface area contributed by atoms with Gasteiger partial charge in [-0.1, -0.05) is 49.4 Å². The van der Waals surface area contributed by atoms with E-state index in [0.717, 1.165) is 24.3 Å². The van der Waals surface area contributed by atoms with Crippen molar-refractivity contribution in [3.63, 3.8) is 0 Å². The molecule has 0 aromatic heterocycles. The molecule has 0 saturated heterocycles. The predicted molar refractivity (Wildman–Crippen MR) is 81.5 cm³/mol. The van der Waals surface area contributed by atoms with Crippen LogP contribution in [0.4, 0.5) is 0 Å². The predicted octanol–water partition coefficient (Wildman–Crippen LogP) is 4.99. The first-order valence-corrected chi connectivity index (χ1v) is 7.83. The molecule has 1 aliphatic heterocycles. The van der Waals surface area contributed by atoms with E-state index >= 15 is 0 Å². The molecule has 0 spiro atoms. The first kappa shape index (κ1) is 15.0. The Labute approximate surface area is 125 Å². The van der Waals surface area contributed by atoms with Crippen LogP contribution in [0.2, 0.25) is 10.0 Å². The van der Waals surface area contributed by atoms with Crippen LogP contribution in [0.1, 0.15) is 50.6 Å². The topological polar surface area (TPSA) is 21.3 Å². The van der Waals surface area contributed by atoms with Crippen molar-refractivity contribution < 1.29 is 4.74 Å². The van der Waals surface area contributed by atoms with Gasteiger partial charge in [0.15, 0.2) is 0 Å². The Morgan fingerprint density at radius 2 is 2.11 bits per heavy atom. The molecular weight excluding hydrogens is 281 g/mol. The summed E-state index contributed by atoms with van der Waals surface area (Å²) in [5.41, 5.74) is 1.10. The third kappa shape index (κ3) is 4.01. The molecule has 1 aliphatic rings. The van der Waals surface area contributed by atoms with E-state index in [1.807, 2.05) is 6.07 Å². The molecule has 1 atom stereocenters. The molecule has 106 valence electrons. The van der Waals surface area contributed by atoms with Gasteiger partial charge in [0.05, 0.1) is 11.6 Å². The highest BCUT2D eigenvalue weighted by Gasteiger charge is 2.23. The summed E-state index contributed by atoms with van der Waals surface area (Å²) < 4.78 is 5.65. The average Bonchev–Trinajstić information content (AvgIpc) is 2.39. The fourth-order valence-electron chi connectivity index (χ4n) is 2.47. The Kier molecular flexibility index (Phi) is 5.80. The van der Waals surface area contributed by atoms with Crippen LogP contribution in [0, 0.1) is 0 Å². The van der Waals surface area contributed by atoms with E-state index in [4.69, 9.17) is 27.9 Å². The molecule has 0 bridgehead atoms. The summed E-state index contributed by atoms with van der Waals surface area (Å²) >= 11 is 12.3. The van der Waals surface area contributed by atoms with Crippen LogP contribution in [0.3, 0.4) is 0 Å². The Morgan fingerprint density at radius 1 is 1.26 bits per heavy atom. The van der Waals surface area contributed by atoms with Crippen molar-refractivity contribution in [1.82, 2.24) is 5.32 Å². The summed E-state index contributed by atoms with van der Waals surface area (Å²) in [4.78, 5) is 0. The van der Waals surface area contributed by atoms with Crippen molar-refractivity contribution in [2.45, 2.75) is 45.1 Å². The molecule has 4 heteroatoms. The SMILES string of the molecule is CCCCCCNC1CCOc2c(Cl)cc(Cl)cc21. The summed E-state index contributed by atoms with van der Waals surface area (Å²) in [5.74, 6) is 0.795. The van der Waals surface area contributed by atoms with Gasteiger partial charge in [-0.2, -0.15) is 0 Å². The van der Waals surface area contributed by atoms with Gasteiger partial charge < -0.3 is 10.1 Å². The molecule has 0 fully saturated rings. The zero-order chi connectivity index (χ0) is 13.7. The molecule has 1 unspecified atom stereocenters. The van der Waals surface area contributed by atoms with Crippen LogP contribution in [-0.2, 0) is 0 Å². The summed E-state index contributed by atoms with van der Waals surface area (Å²) in [6.07, 6.45) is 6.05.